The largest absolute Gasteiger partial charge is 1.00 e. The van der Waals surface area contributed by atoms with Gasteiger partial charge in [-0.2, -0.15) is 0 Å². The van der Waals surface area contributed by atoms with Crippen molar-refractivity contribution in [2.45, 2.75) is 191 Å². The number of nitrogens with zero attached hydrogens (tertiary/aromatic N) is 6. The van der Waals surface area contributed by atoms with Gasteiger partial charge < -0.3 is 69.7 Å². The molecule has 0 saturated heterocycles. The molecule has 0 aliphatic carbocycles. The number of aryl methyl sites for hydroxylation is 6. The van der Waals surface area contributed by atoms with Crippen LogP contribution in [-0.2, 0) is 65.0 Å². The first-order valence-electron chi connectivity index (χ1n) is 38.0. The minimum absolute atomic E-state index is 0. The second kappa shape index (κ2) is 31.7. The molecule has 14 heterocycles. The van der Waals surface area contributed by atoms with Crippen LogP contribution in [0.4, 0.5) is 0 Å². The molecule has 16 bridgehead atoms. The van der Waals surface area contributed by atoms with E-state index in [0.717, 1.165) is 100 Å². The second-order valence-electron chi connectivity index (χ2n) is 30.2. The number of rotatable bonds is 19. The van der Waals surface area contributed by atoms with E-state index in [2.05, 4.69) is 19.9 Å². The first-order valence-corrected chi connectivity index (χ1v) is 38.0. The Labute approximate surface area is 677 Å². The van der Waals surface area contributed by atoms with Crippen LogP contribution < -0.4 is 35.1 Å². The molecule has 26 heteroatoms. The van der Waals surface area contributed by atoms with E-state index in [-0.39, 0.29) is 99.5 Å². The molecule has 4 unspecified atom stereocenters. The van der Waals surface area contributed by atoms with E-state index in [1.807, 2.05) is 148 Å². The second-order valence-corrected chi connectivity index (χ2v) is 30.2. The maximum absolute atomic E-state index is 13.0. The van der Waals surface area contributed by atoms with Crippen molar-refractivity contribution in [1.82, 2.24) is 49.4 Å². The van der Waals surface area contributed by atoms with Crippen molar-refractivity contribution < 1.29 is 98.7 Å². The summed E-state index contributed by atoms with van der Waals surface area (Å²) in [5, 5.41) is 74.1. The Hall–Kier alpha value is -11.0. The smallest absolute Gasteiger partial charge is 0.481 e. The number of carbonyl (C=O) groups is 5. The maximum atomic E-state index is 13.0. The molecule has 0 radical (unpaired) electrons. The molecule has 582 valence electrons. The molecule has 15 rings (SSSR count). The van der Waals surface area contributed by atoms with Crippen LogP contribution in [0.1, 0.15) is 226 Å². The summed E-state index contributed by atoms with van der Waals surface area (Å²) in [6, 6.07) is 26.9. The van der Waals surface area contributed by atoms with Gasteiger partial charge in [0.25, 0.3) is 5.56 Å². The number of H-pyrrole nitrogens is 4. The van der Waals surface area contributed by atoms with Gasteiger partial charge in [0.2, 0.25) is 0 Å². The molecule has 25 nitrogen and oxygen atoms in total. The van der Waals surface area contributed by atoms with E-state index in [1.54, 1.807) is 31.4 Å². The summed E-state index contributed by atoms with van der Waals surface area (Å²) >= 11 is 0. The van der Waals surface area contributed by atoms with Crippen LogP contribution in [0.2, 0.25) is 0 Å². The number of esters is 1. The Morgan fingerprint density at radius 1 is 0.509 bits per heavy atom. The van der Waals surface area contributed by atoms with Gasteiger partial charge in [0.15, 0.2) is 5.60 Å². The summed E-state index contributed by atoms with van der Waals surface area (Å²) in [5.41, 5.74) is 24.2. The summed E-state index contributed by atoms with van der Waals surface area (Å²) in [4.78, 5) is 113. The number of nitrogens with one attached hydrogen (secondary N) is 4. The van der Waals surface area contributed by atoms with Gasteiger partial charge in [-0.1, -0.05) is 25.1 Å². The number of aromatic amines is 4. The predicted molar refractivity (Wildman–Crippen MR) is 432 cm³/mol. The van der Waals surface area contributed by atoms with Gasteiger partial charge >= 0.3 is 59.4 Å². The summed E-state index contributed by atoms with van der Waals surface area (Å²) in [6.07, 6.45) is -2.59. The number of aliphatic hydroxyl groups is 3. The van der Waals surface area contributed by atoms with Gasteiger partial charge in [-0.25, -0.2) is 29.7 Å². The number of cyclic esters (lactones) is 1. The molecule has 11 N–H and O–H groups in total. The average Bonchev–Trinajstić information content (AvgIpc) is 1.37. The fraction of sp³-hybridized carbons (Fsp3) is 0.330. The number of aliphatic hydroxyl groups excluding tert-OH is 2. The third-order valence-corrected chi connectivity index (χ3v) is 23.1. The molecular formula is C88H90N10NaO15+. The van der Waals surface area contributed by atoms with Gasteiger partial charge in [0.1, 0.15) is 6.61 Å². The number of carboxylic acids is 4. The maximum Gasteiger partial charge on any atom is 1.00 e. The SMILES string of the molecule is CC1=C(CCC(=O)O)c2cc3[nH]c(cc4nc(cc5[nH]c(cc1n2)c(C)c5C(C)OC(C)C1=C(C)c2cc5[nH]c(cc6nc(cc7[nH]c(cc1n2)c(C)c7CCC(=O)O)C(CCC(=O)O)=C6C)c(C)c5C(C)O)C(C)=C4C(C)O)c(C)c3CCC(=O)O.CC[C@@]1(O)C(=O)OCc2c1cc1n(c2=O)Cc2cc3ccccc3nc2-1.[Na+]. The van der Waals surface area contributed by atoms with Crippen molar-refractivity contribution in [3.8, 4) is 11.4 Å². The molecule has 0 spiro atoms. The molecule has 0 fully saturated rings. The number of para-hydroxylation sites is 1. The van der Waals surface area contributed by atoms with Crippen LogP contribution in [0.5, 0.6) is 0 Å². The van der Waals surface area contributed by atoms with Crippen molar-refractivity contribution in [3.05, 3.63) is 202 Å². The van der Waals surface area contributed by atoms with E-state index in [4.69, 9.17) is 34.4 Å². The zero-order valence-electron chi connectivity index (χ0n) is 66.3. The topological polar surface area (TPSA) is 395 Å². The molecule has 0 amide bonds. The third-order valence-electron chi connectivity index (χ3n) is 23.1. The number of allylic oxidation sites excluding steroid dienone is 6. The van der Waals surface area contributed by atoms with Crippen molar-refractivity contribution in [3.63, 3.8) is 0 Å². The van der Waals surface area contributed by atoms with Gasteiger partial charge in [-0.15, -0.1) is 0 Å². The van der Waals surface area contributed by atoms with Crippen molar-refractivity contribution >= 4 is 129 Å². The number of carboxylic acid groups (broad SMARTS) is 4. The zero-order valence-corrected chi connectivity index (χ0v) is 68.3. The normalized spacial score (nSPS) is 16.1. The molecule has 1 aromatic carbocycles. The molecule has 0 saturated carbocycles. The Bertz CT molecular complexity index is 6200. The van der Waals surface area contributed by atoms with Gasteiger partial charge in [0, 0.05) is 109 Å². The van der Waals surface area contributed by atoms with E-state index >= 15 is 0 Å². The van der Waals surface area contributed by atoms with Crippen LogP contribution in [0.3, 0.4) is 0 Å². The quantitative estimate of drug-likeness (QED) is 0.0264. The summed E-state index contributed by atoms with van der Waals surface area (Å²) in [6.45, 7) is 24.9. The minimum Gasteiger partial charge on any atom is -0.481 e. The van der Waals surface area contributed by atoms with Gasteiger partial charge in [-0.05, 0) is 249 Å². The number of aromatic nitrogens is 10. The van der Waals surface area contributed by atoms with Crippen LogP contribution in [0, 0.1) is 27.7 Å². The summed E-state index contributed by atoms with van der Waals surface area (Å²) in [5.74, 6) is -4.52. The number of hydrogen-bond donors (Lipinski definition) is 11. The molecule has 114 heavy (non-hydrogen) atoms. The molecule has 9 aromatic rings. The molecular weight excluding hydrogens is 1460 g/mol. The first kappa shape index (κ1) is 81.0. The number of ether oxygens (including phenoxy) is 2. The van der Waals surface area contributed by atoms with Crippen LogP contribution in [-0.4, -0.2) is 127 Å². The summed E-state index contributed by atoms with van der Waals surface area (Å²) < 4.78 is 14.0. The number of pyridine rings is 2. The Morgan fingerprint density at radius 2 is 0.939 bits per heavy atom. The molecule has 8 aromatic heterocycles. The van der Waals surface area contributed by atoms with E-state index in [1.165, 1.54) is 0 Å². The predicted octanol–water partition coefficient (Wildman–Crippen LogP) is 12.3. The van der Waals surface area contributed by atoms with Gasteiger partial charge in [0.05, 0.1) is 99.0 Å². The van der Waals surface area contributed by atoms with Crippen LogP contribution in [0.15, 0.2) is 89.7 Å². The van der Waals surface area contributed by atoms with Crippen LogP contribution >= 0.6 is 0 Å². The first-order chi connectivity index (χ1) is 53.7. The zero-order chi connectivity index (χ0) is 80.8. The molecule has 6 aliphatic rings. The minimum atomic E-state index is -1.79. The van der Waals surface area contributed by atoms with Gasteiger partial charge in [-0.3, -0.25) is 24.0 Å². The Kier molecular flexibility index (Phi) is 22.6. The number of hydrogen-bond acceptors (Lipinski definition) is 16. The molecule has 6 aliphatic heterocycles. The Morgan fingerprint density at radius 3 is 1.45 bits per heavy atom. The fourth-order valence-electron chi connectivity index (χ4n) is 17.0. The fourth-order valence-corrected chi connectivity index (χ4v) is 17.0. The Balaban J connectivity index is 0.000000351. The third kappa shape index (κ3) is 14.9. The van der Waals surface area contributed by atoms with Crippen molar-refractivity contribution in [2.75, 3.05) is 0 Å². The number of benzene rings is 1. The van der Waals surface area contributed by atoms with Crippen molar-refractivity contribution in [2.24, 2.45) is 0 Å². The van der Waals surface area contributed by atoms with E-state index in [0.29, 0.717) is 124 Å². The number of carbonyl (C=O) groups excluding carboxylic acids is 1. The van der Waals surface area contributed by atoms with Crippen molar-refractivity contribution in [1.29, 1.82) is 0 Å². The van der Waals surface area contributed by atoms with E-state index < -0.39 is 59.9 Å². The van der Waals surface area contributed by atoms with E-state index in [9.17, 15) is 64.5 Å². The number of fused-ring (bicyclic) bond motifs is 21. The molecule has 5 atom stereocenters. The number of aliphatic carboxylic acids is 4. The average molecular weight is 1550 g/mol. The summed E-state index contributed by atoms with van der Waals surface area (Å²) in [7, 11) is 0. The standard InChI is InChI=1S/C68H74N8O11.C20H16N2O4.Na/c1-29-41(13-17-61(79)80)53-28-56-44(16-20-64(85)86)32(4)48(72-56)24-59-68(36(8)52(76-59)25-58-65(37(9)77)33(5)49(73-58)21-45(29)69-53)40(12)87-39(11)67-35(7)50-22-46-30(2)42(14-18-62(81)82)54(70-46)27-55-43(15-19-63(83)84)31(3)47(71-55)23-57-66(38(10)78)34(6)51(74-57)26-60(67)75-50;1-2-20(25)14-8-16-17-12(7-11-5-3-4-6-15(11)21-17)9-22(16)18(23)13(14)10-26-19(20)24;/h21-28,37-40,71-73,75,77-78H,13-20H2,1-12H3,(H,79,80)(H,81,82)(H,83,84)(H,85,86);3-8,25H,2,9-10H2,1H3;/q;;+1/t;20-;/m.0./s1. The monoisotopic (exact) mass is 1550 g/mol. The van der Waals surface area contributed by atoms with Crippen LogP contribution in [0.25, 0.3) is 111 Å².